The number of nitrogens with two attached hydrogens (primary N) is 2. The molecule has 0 amide bonds. The van der Waals surface area contributed by atoms with Gasteiger partial charge >= 0.3 is 23.9 Å². The van der Waals surface area contributed by atoms with Crippen LogP contribution in [0.15, 0.2) is 0 Å². The van der Waals surface area contributed by atoms with E-state index in [9.17, 15) is 0 Å². The van der Waals surface area contributed by atoms with Crippen LogP contribution in [-0.4, -0.2) is 47.5 Å². The second-order valence-electron chi connectivity index (χ2n) is 1.50. The second-order valence-corrected chi connectivity index (χ2v) is 2.31. The van der Waals surface area contributed by atoms with E-state index < -0.39 is 0 Å². The van der Waals surface area contributed by atoms with Crippen molar-refractivity contribution in [3.63, 3.8) is 0 Å². The third-order valence-corrected chi connectivity index (χ3v) is 0.809. The predicted octanol–water partition coefficient (Wildman–Crippen LogP) is -0.383. The van der Waals surface area contributed by atoms with Crippen LogP contribution in [0.4, 0.5) is 0 Å². The predicted molar refractivity (Wildman–Crippen MR) is 65.4 cm³/mol. The first-order chi connectivity index (χ1) is 5.54. The zero-order valence-corrected chi connectivity index (χ0v) is 13.6. The molecular formula is C6H16N2O2S2Sn. The summed E-state index contributed by atoms with van der Waals surface area (Å²) in [5.41, 5.74) is 9.82. The van der Waals surface area contributed by atoms with Gasteiger partial charge in [-0.2, -0.15) is 0 Å². The molecular weight excluding hydrogens is 315 g/mol. The van der Waals surface area contributed by atoms with Crippen molar-refractivity contribution in [3.8, 4) is 0 Å². The summed E-state index contributed by atoms with van der Waals surface area (Å²) in [5, 5.41) is 0.245. The number of thiocarbonyl (C=S) groups is 2. The van der Waals surface area contributed by atoms with Gasteiger partial charge < -0.3 is 20.9 Å². The fourth-order valence-electron chi connectivity index (χ4n) is 0.285. The molecule has 0 aliphatic heterocycles. The van der Waals surface area contributed by atoms with Crippen LogP contribution in [0, 0.1) is 0 Å². The van der Waals surface area contributed by atoms with Gasteiger partial charge in [-0.15, -0.1) is 0 Å². The summed E-state index contributed by atoms with van der Waals surface area (Å²) in [6, 6.07) is 0. The second kappa shape index (κ2) is 14.7. The molecule has 0 rings (SSSR count). The molecule has 78 valence electrons. The number of hydrogen-bond donors (Lipinski definition) is 2. The van der Waals surface area contributed by atoms with Gasteiger partial charge in [0.1, 0.15) is 0 Å². The normalized spacial score (nSPS) is 6.92. The van der Waals surface area contributed by atoms with Gasteiger partial charge in [0.15, 0.2) is 0 Å². The average Bonchev–Trinajstić information content (AvgIpc) is 1.87. The Morgan fingerprint density at radius 1 is 1.00 bits per heavy atom. The van der Waals surface area contributed by atoms with Gasteiger partial charge in [0.25, 0.3) is 10.3 Å². The van der Waals surface area contributed by atoms with Crippen molar-refractivity contribution >= 4 is 58.7 Å². The van der Waals surface area contributed by atoms with Gasteiger partial charge in [-0.05, 0) is 38.3 Å². The molecule has 0 spiro atoms. The van der Waals surface area contributed by atoms with E-state index in [0.717, 1.165) is 0 Å². The first kappa shape index (κ1) is 18.9. The fourth-order valence-corrected chi connectivity index (χ4v) is 0.520. The molecule has 13 heavy (non-hydrogen) atoms. The maximum absolute atomic E-state index is 4.91. The molecule has 4 N–H and O–H groups in total. The molecule has 4 nitrogen and oxygen atoms in total. The molecule has 0 saturated carbocycles. The van der Waals surface area contributed by atoms with Crippen LogP contribution in [0.5, 0.6) is 0 Å². The molecule has 2 radical (unpaired) electrons. The van der Waals surface area contributed by atoms with Gasteiger partial charge in [0.2, 0.25) is 0 Å². The minimum atomic E-state index is 0. The summed E-state index contributed by atoms with van der Waals surface area (Å²) in [6.45, 7) is 4.79. The van der Waals surface area contributed by atoms with Crippen LogP contribution in [0.25, 0.3) is 0 Å². The van der Waals surface area contributed by atoms with Crippen LogP contribution >= 0.6 is 24.4 Å². The monoisotopic (exact) mass is 332 g/mol. The van der Waals surface area contributed by atoms with E-state index in [1.54, 1.807) is 0 Å². The Labute approximate surface area is 106 Å². The Morgan fingerprint density at radius 2 is 1.23 bits per heavy atom. The molecule has 0 aromatic carbocycles. The van der Waals surface area contributed by atoms with Crippen molar-refractivity contribution in [1.82, 2.24) is 0 Å². The molecule has 0 aliphatic carbocycles. The number of rotatable bonds is 2. The standard InChI is InChI=1S/2C3H7NOS.Sn.2H/c2*1-2-5-3(4)6;;;/h2*2H2,1H3,(H2,4,6);;;. The van der Waals surface area contributed by atoms with E-state index in [1.807, 2.05) is 13.8 Å². The minimum absolute atomic E-state index is 0. The summed E-state index contributed by atoms with van der Waals surface area (Å²) < 4.78 is 9.10. The van der Waals surface area contributed by atoms with E-state index in [2.05, 4.69) is 33.9 Å². The van der Waals surface area contributed by atoms with Crippen LogP contribution in [0.2, 0.25) is 0 Å². The van der Waals surface area contributed by atoms with Crippen LogP contribution in [0.1, 0.15) is 13.8 Å². The van der Waals surface area contributed by atoms with Gasteiger partial charge in [-0.3, -0.25) is 0 Å². The molecule has 0 bridgehead atoms. The summed E-state index contributed by atoms with van der Waals surface area (Å²) in [6.07, 6.45) is 0. The Morgan fingerprint density at radius 3 is 1.23 bits per heavy atom. The van der Waals surface area contributed by atoms with E-state index >= 15 is 0 Å². The van der Waals surface area contributed by atoms with E-state index in [0.29, 0.717) is 13.2 Å². The molecule has 0 fully saturated rings. The van der Waals surface area contributed by atoms with Crippen molar-refractivity contribution < 1.29 is 9.47 Å². The Bertz CT molecular complexity index is 131. The first-order valence-electron chi connectivity index (χ1n) is 3.39. The van der Waals surface area contributed by atoms with Crippen molar-refractivity contribution in [2.75, 3.05) is 13.2 Å². The van der Waals surface area contributed by atoms with Gasteiger partial charge in [-0.25, -0.2) is 0 Å². The SMILES string of the molecule is CCOC(N)=S.CCOC(N)=S.[SnH2]. The summed E-state index contributed by atoms with van der Waals surface area (Å²) >= 11 is 8.70. The zero-order valence-electron chi connectivity index (χ0n) is 7.91. The molecule has 7 heteroatoms. The fraction of sp³-hybridized carbons (Fsp3) is 0.667. The number of hydrogen-bond acceptors (Lipinski definition) is 4. The average molecular weight is 331 g/mol. The molecule has 0 unspecified atom stereocenters. The van der Waals surface area contributed by atoms with Crippen molar-refractivity contribution in [2.45, 2.75) is 13.8 Å². The molecule has 0 atom stereocenters. The van der Waals surface area contributed by atoms with Crippen molar-refractivity contribution in [2.24, 2.45) is 11.5 Å². The quantitative estimate of drug-likeness (QED) is 0.531. The van der Waals surface area contributed by atoms with Crippen LogP contribution < -0.4 is 11.5 Å². The van der Waals surface area contributed by atoms with Gasteiger partial charge in [0.05, 0.1) is 13.2 Å². The van der Waals surface area contributed by atoms with Crippen LogP contribution in [-0.2, 0) is 9.47 Å². The van der Waals surface area contributed by atoms with Gasteiger partial charge in [0, 0.05) is 0 Å². The Hall–Kier alpha value is 0.179. The zero-order chi connectivity index (χ0) is 9.98. The molecule has 0 aromatic heterocycles. The summed E-state index contributed by atoms with van der Waals surface area (Å²) in [5.74, 6) is 0. The molecule has 0 saturated heterocycles. The van der Waals surface area contributed by atoms with E-state index in [1.165, 1.54) is 0 Å². The Balaban J connectivity index is -0.000000143. The van der Waals surface area contributed by atoms with E-state index in [-0.39, 0.29) is 34.3 Å². The summed E-state index contributed by atoms with van der Waals surface area (Å²) in [4.78, 5) is 0. The number of ether oxygens (including phenoxy) is 2. The topological polar surface area (TPSA) is 70.5 Å². The van der Waals surface area contributed by atoms with Crippen molar-refractivity contribution in [1.29, 1.82) is 0 Å². The Kier molecular flexibility index (Phi) is 21.3. The third-order valence-electron chi connectivity index (χ3n) is 0.573. The summed E-state index contributed by atoms with van der Waals surface area (Å²) in [7, 11) is 0. The molecule has 0 aliphatic rings. The van der Waals surface area contributed by atoms with Crippen LogP contribution in [0.3, 0.4) is 0 Å². The van der Waals surface area contributed by atoms with Gasteiger partial charge in [-0.1, -0.05) is 0 Å². The molecule has 0 aromatic rings. The third kappa shape index (κ3) is 33.1. The van der Waals surface area contributed by atoms with Crippen molar-refractivity contribution in [3.05, 3.63) is 0 Å². The maximum atomic E-state index is 4.91. The first-order valence-corrected chi connectivity index (χ1v) is 4.20. The molecule has 0 heterocycles. The van der Waals surface area contributed by atoms with E-state index in [4.69, 9.17) is 11.5 Å².